The van der Waals surface area contributed by atoms with Gasteiger partial charge in [-0.15, -0.1) is 11.3 Å². The Balaban J connectivity index is 2.06. The third-order valence-electron chi connectivity index (χ3n) is 3.04. The zero-order valence-electron chi connectivity index (χ0n) is 12.8. The lowest BCUT2D eigenvalue weighted by atomic mass is 10.1. The van der Waals surface area contributed by atoms with Gasteiger partial charge in [-0.25, -0.2) is 0 Å². The third kappa shape index (κ3) is 4.33. The van der Waals surface area contributed by atoms with Crippen LogP contribution in [0.5, 0.6) is 5.75 Å². The largest absolute Gasteiger partial charge is 0.491 e. The van der Waals surface area contributed by atoms with E-state index in [1.54, 1.807) is 0 Å². The second kappa shape index (κ2) is 6.76. The normalized spacial score (nSPS) is 12.2. The van der Waals surface area contributed by atoms with Crippen LogP contribution in [0.15, 0.2) is 36.4 Å². The van der Waals surface area contributed by atoms with E-state index in [4.69, 9.17) is 4.74 Å². The van der Waals surface area contributed by atoms with Gasteiger partial charge in [0.1, 0.15) is 5.75 Å². The predicted octanol–water partition coefficient (Wildman–Crippen LogP) is 4.33. The van der Waals surface area contributed by atoms with E-state index in [0.717, 1.165) is 21.1 Å². The van der Waals surface area contributed by atoms with E-state index in [1.165, 1.54) is 11.3 Å². The summed E-state index contributed by atoms with van der Waals surface area (Å²) in [6.07, 6.45) is 0.138. The molecule has 0 spiro atoms. The first kappa shape index (κ1) is 15.6. The van der Waals surface area contributed by atoms with Crippen molar-refractivity contribution in [2.24, 2.45) is 0 Å². The van der Waals surface area contributed by atoms with E-state index in [1.807, 2.05) is 64.1 Å². The topological polar surface area (TPSA) is 38.3 Å². The van der Waals surface area contributed by atoms with Crippen LogP contribution in [-0.2, 0) is 0 Å². The Hall–Kier alpha value is -1.81. The molecule has 1 aromatic carbocycles. The van der Waals surface area contributed by atoms with Crippen LogP contribution in [0, 0.1) is 6.92 Å². The Morgan fingerprint density at radius 1 is 1.19 bits per heavy atom. The van der Waals surface area contributed by atoms with E-state index < -0.39 is 0 Å². The maximum atomic E-state index is 12.2. The molecule has 0 radical (unpaired) electrons. The predicted molar refractivity (Wildman–Crippen MR) is 87.1 cm³/mol. The number of ether oxygens (including phenoxy) is 1. The molecule has 1 amide bonds. The van der Waals surface area contributed by atoms with Gasteiger partial charge in [0.05, 0.1) is 17.0 Å². The minimum Gasteiger partial charge on any atom is -0.491 e. The van der Waals surface area contributed by atoms with E-state index in [0.29, 0.717) is 0 Å². The number of aryl methyl sites for hydroxylation is 1. The number of thiophene rings is 1. The van der Waals surface area contributed by atoms with Crippen molar-refractivity contribution in [1.29, 1.82) is 0 Å². The quantitative estimate of drug-likeness (QED) is 0.892. The molecule has 1 N–H and O–H groups in total. The van der Waals surface area contributed by atoms with E-state index in [2.05, 4.69) is 5.32 Å². The number of hydrogen-bond donors (Lipinski definition) is 1. The molecule has 0 saturated heterocycles. The van der Waals surface area contributed by atoms with E-state index in [-0.39, 0.29) is 18.1 Å². The van der Waals surface area contributed by atoms with Crippen LogP contribution in [0.4, 0.5) is 0 Å². The lowest BCUT2D eigenvalue weighted by molar-refractivity contribution is 0.0944. The fourth-order valence-electron chi connectivity index (χ4n) is 2.04. The standard InChI is InChI=1S/C17H21NO2S/c1-11(2)20-15-7-5-6-14(10-15)13(4)18-17(19)16-9-8-12(3)21-16/h5-11,13H,1-4H3,(H,18,19)/t13-/m0/s1. The van der Waals surface area contributed by atoms with Gasteiger partial charge in [-0.3, -0.25) is 4.79 Å². The SMILES string of the molecule is Cc1ccc(C(=O)N[C@@H](C)c2cccc(OC(C)C)c2)s1. The molecule has 0 aliphatic heterocycles. The summed E-state index contributed by atoms with van der Waals surface area (Å²) in [5.74, 6) is 0.798. The van der Waals surface area contributed by atoms with Crippen molar-refractivity contribution in [3.63, 3.8) is 0 Å². The molecular formula is C17H21NO2S. The number of nitrogens with one attached hydrogen (secondary N) is 1. The zero-order chi connectivity index (χ0) is 15.4. The van der Waals surface area contributed by atoms with Crippen LogP contribution in [-0.4, -0.2) is 12.0 Å². The lowest BCUT2D eigenvalue weighted by Gasteiger charge is -2.16. The van der Waals surface area contributed by atoms with Gasteiger partial charge in [-0.1, -0.05) is 12.1 Å². The van der Waals surface area contributed by atoms with Gasteiger partial charge >= 0.3 is 0 Å². The summed E-state index contributed by atoms with van der Waals surface area (Å²) in [7, 11) is 0. The Bertz CT molecular complexity index is 619. The van der Waals surface area contributed by atoms with Crippen LogP contribution in [0.3, 0.4) is 0 Å². The molecule has 1 aromatic heterocycles. The van der Waals surface area contributed by atoms with Crippen LogP contribution in [0.1, 0.15) is 46.9 Å². The van der Waals surface area contributed by atoms with Crippen LogP contribution >= 0.6 is 11.3 Å². The molecule has 3 nitrogen and oxygen atoms in total. The second-order valence-corrected chi connectivity index (χ2v) is 6.63. The summed E-state index contributed by atoms with van der Waals surface area (Å²) in [5, 5.41) is 3.02. The number of carbonyl (C=O) groups excluding carboxylic acids is 1. The highest BCUT2D eigenvalue weighted by atomic mass is 32.1. The Labute approximate surface area is 130 Å². The van der Waals surface area contributed by atoms with Gasteiger partial charge in [0.2, 0.25) is 0 Å². The van der Waals surface area contributed by atoms with Crippen molar-refractivity contribution < 1.29 is 9.53 Å². The molecule has 0 unspecified atom stereocenters. The highest BCUT2D eigenvalue weighted by Gasteiger charge is 2.13. The molecule has 0 bridgehead atoms. The molecule has 0 aliphatic carbocycles. The monoisotopic (exact) mass is 303 g/mol. The molecule has 2 aromatic rings. The van der Waals surface area contributed by atoms with Gasteiger partial charge in [0.25, 0.3) is 5.91 Å². The lowest BCUT2D eigenvalue weighted by Crippen LogP contribution is -2.25. The summed E-state index contributed by atoms with van der Waals surface area (Å²) in [5.41, 5.74) is 1.04. The summed E-state index contributed by atoms with van der Waals surface area (Å²) < 4.78 is 5.69. The van der Waals surface area contributed by atoms with Gasteiger partial charge in [0, 0.05) is 4.88 Å². The molecule has 112 valence electrons. The molecule has 4 heteroatoms. The van der Waals surface area contributed by atoms with Crippen molar-refractivity contribution in [3.05, 3.63) is 51.7 Å². The average Bonchev–Trinajstić information content (AvgIpc) is 2.85. The number of amides is 1. The van der Waals surface area contributed by atoms with Crippen LogP contribution in [0.2, 0.25) is 0 Å². The minimum atomic E-state index is -0.0596. The summed E-state index contributed by atoms with van der Waals surface area (Å²) in [6, 6.07) is 11.6. The minimum absolute atomic E-state index is 0.0317. The van der Waals surface area contributed by atoms with Crippen molar-refractivity contribution in [2.45, 2.75) is 39.8 Å². The third-order valence-corrected chi connectivity index (χ3v) is 4.04. The Morgan fingerprint density at radius 2 is 1.95 bits per heavy atom. The molecule has 21 heavy (non-hydrogen) atoms. The maximum absolute atomic E-state index is 12.2. The number of carbonyl (C=O) groups is 1. The van der Waals surface area contributed by atoms with Crippen molar-refractivity contribution >= 4 is 17.2 Å². The number of benzene rings is 1. The molecule has 2 rings (SSSR count). The van der Waals surface area contributed by atoms with Gasteiger partial charge < -0.3 is 10.1 Å². The smallest absolute Gasteiger partial charge is 0.261 e. The zero-order valence-corrected chi connectivity index (χ0v) is 13.7. The fraction of sp³-hybridized carbons (Fsp3) is 0.353. The highest BCUT2D eigenvalue weighted by molar-refractivity contribution is 7.13. The molecule has 1 heterocycles. The number of rotatable bonds is 5. The van der Waals surface area contributed by atoms with Gasteiger partial charge in [-0.05, 0) is 57.5 Å². The molecule has 0 fully saturated rings. The first-order valence-electron chi connectivity index (χ1n) is 7.09. The first-order valence-corrected chi connectivity index (χ1v) is 7.91. The van der Waals surface area contributed by atoms with E-state index in [9.17, 15) is 4.79 Å². The summed E-state index contributed by atoms with van der Waals surface area (Å²) in [6.45, 7) is 7.97. The molecule has 0 saturated carbocycles. The van der Waals surface area contributed by atoms with Crippen LogP contribution in [0.25, 0.3) is 0 Å². The molecule has 1 atom stereocenters. The van der Waals surface area contributed by atoms with E-state index >= 15 is 0 Å². The summed E-state index contributed by atoms with van der Waals surface area (Å²) in [4.78, 5) is 14.1. The fourth-order valence-corrected chi connectivity index (χ4v) is 2.81. The first-order chi connectivity index (χ1) is 9.95. The second-order valence-electron chi connectivity index (χ2n) is 5.34. The van der Waals surface area contributed by atoms with Crippen molar-refractivity contribution in [1.82, 2.24) is 5.32 Å². The van der Waals surface area contributed by atoms with Crippen molar-refractivity contribution in [2.75, 3.05) is 0 Å². The van der Waals surface area contributed by atoms with Gasteiger partial charge in [-0.2, -0.15) is 0 Å². The van der Waals surface area contributed by atoms with Crippen molar-refractivity contribution in [3.8, 4) is 5.75 Å². The maximum Gasteiger partial charge on any atom is 0.261 e. The Kier molecular flexibility index (Phi) is 5.02. The Morgan fingerprint density at radius 3 is 2.57 bits per heavy atom. The number of hydrogen-bond acceptors (Lipinski definition) is 3. The summed E-state index contributed by atoms with van der Waals surface area (Å²) >= 11 is 1.51. The van der Waals surface area contributed by atoms with Gasteiger partial charge in [0.15, 0.2) is 0 Å². The van der Waals surface area contributed by atoms with Crippen LogP contribution < -0.4 is 10.1 Å². The molecule has 0 aliphatic rings. The molecular weight excluding hydrogens is 282 g/mol. The highest BCUT2D eigenvalue weighted by Crippen LogP contribution is 2.21. The average molecular weight is 303 g/mol.